The molecule has 0 bridgehead atoms. The Labute approximate surface area is 123 Å². The van der Waals surface area contributed by atoms with E-state index in [-0.39, 0.29) is 11.3 Å². The van der Waals surface area contributed by atoms with Gasteiger partial charge in [-0.3, -0.25) is 0 Å². The van der Waals surface area contributed by atoms with Crippen molar-refractivity contribution in [2.24, 2.45) is 0 Å². The Morgan fingerprint density at radius 2 is 1.95 bits per heavy atom. The maximum atomic E-state index is 11.2. The van der Waals surface area contributed by atoms with Gasteiger partial charge < -0.3 is 9.84 Å². The number of para-hydroxylation sites is 1. The summed E-state index contributed by atoms with van der Waals surface area (Å²) in [5.41, 5.74) is 0.428. The molecule has 0 fully saturated rings. The van der Waals surface area contributed by atoms with Crippen molar-refractivity contribution in [2.75, 3.05) is 0 Å². The van der Waals surface area contributed by atoms with Gasteiger partial charge >= 0.3 is 5.97 Å². The normalized spacial score (nSPS) is 9.68. The molecule has 0 atom stereocenters. The molecule has 0 aliphatic rings. The Morgan fingerprint density at radius 1 is 1.21 bits per heavy atom. The van der Waals surface area contributed by atoms with Crippen molar-refractivity contribution in [3.05, 3.63) is 57.2 Å². The highest BCUT2D eigenvalue weighted by molar-refractivity contribution is 14.1. The molecule has 0 heterocycles. The van der Waals surface area contributed by atoms with E-state index in [1.165, 1.54) is 6.07 Å². The third kappa shape index (κ3) is 3.03. The van der Waals surface area contributed by atoms with Crippen LogP contribution in [0.25, 0.3) is 0 Å². The van der Waals surface area contributed by atoms with Gasteiger partial charge in [0.05, 0.1) is 5.56 Å². The molecule has 0 aliphatic heterocycles. The highest BCUT2D eigenvalue weighted by Gasteiger charge is 2.13. The average Bonchev–Trinajstić information content (AvgIpc) is 2.41. The van der Waals surface area contributed by atoms with Gasteiger partial charge in [-0.15, -0.1) is 0 Å². The van der Waals surface area contributed by atoms with Crippen LogP contribution in [0, 0.1) is 14.9 Å². The van der Waals surface area contributed by atoms with Crippen LogP contribution in [0.5, 0.6) is 11.5 Å². The molecule has 19 heavy (non-hydrogen) atoms. The average molecular weight is 365 g/mol. The lowest BCUT2D eigenvalue weighted by Crippen LogP contribution is -2.01. The van der Waals surface area contributed by atoms with Crippen LogP contribution in [-0.2, 0) is 0 Å². The van der Waals surface area contributed by atoms with Crippen LogP contribution < -0.4 is 4.74 Å². The van der Waals surface area contributed by atoms with Gasteiger partial charge in [0.2, 0.25) is 0 Å². The Bertz CT molecular complexity index is 677. The molecule has 1 N–H and O–H groups in total. The summed E-state index contributed by atoms with van der Waals surface area (Å²) in [5, 5.41) is 18.1. The van der Waals surface area contributed by atoms with E-state index in [0.29, 0.717) is 11.3 Å². The van der Waals surface area contributed by atoms with Crippen LogP contribution in [-0.4, -0.2) is 11.1 Å². The molecule has 0 amide bonds. The van der Waals surface area contributed by atoms with Crippen LogP contribution in [0.1, 0.15) is 15.9 Å². The fourth-order valence-corrected chi connectivity index (χ4v) is 2.02. The van der Waals surface area contributed by atoms with Crippen molar-refractivity contribution < 1.29 is 14.6 Å². The molecular weight excluding hydrogens is 357 g/mol. The van der Waals surface area contributed by atoms with Crippen molar-refractivity contribution in [1.29, 1.82) is 5.26 Å². The number of nitrogens with zero attached hydrogens (tertiary/aromatic N) is 1. The number of benzene rings is 2. The van der Waals surface area contributed by atoms with Gasteiger partial charge in [0.1, 0.15) is 23.1 Å². The van der Waals surface area contributed by atoms with E-state index in [4.69, 9.17) is 15.1 Å². The van der Waals surface area contributed by atoms with E-state index in [0.717, 1.165) is 3.57 Å². The number of halogens is 1. The summed E-state index contributed by atoms with van der Waals surface area (Å²) in [6, 6.07) is 13.5. The smallest absolute Gasteiger partial charge is 0.339 e. The number of carboxylic acids is 1. The minimum Gasteiger partial charge on any atom is -0.478 e. The fraction of sp³-hybridized carbons (Fsp3) is 0. The lowest BCUT2D eigenvalue weighted by atomic mass is 10.2. The second-order valence-electron chi connectivity index (χ2n) is 3.66. The summed E-state index contributed by atoms with van der Waals surface area (Å²) < 4.78 is 6.34. The molecule has 0 aliphatic carbocycles. The van der Waals surface area contributed by atoms with Crippen LogP contribution >= 0.6 is 22.6 Å². The van der Waals surface area contributed by atoms with E-state index in [1.54, 1.807) is 36.4 Å². The molecule has 2 aromatic carbocycles. The summed E-state index contributed by atoms with van der Waals surface area (Å²) in [4.78, 5) is 11.2. The Kier molecular flexibility index (Phi) is 4.02. The van der Waals surface area contributed by atoms with E-state index in [2.05, 4.69) is 0 Å². The lowest BCUT2D eigenvalue weighted by Gasteiger charge is -2.10. The Hall–Kier alpha value is -2.07. The van der Waals surface area contributed by atoms with Crippen molar-refractivity contribution in [2.45, 2.75) is 0 Å². The number of rotatable bonds is 3. The molecular formula is C14H8INO3. The fourth-order valence-electron chi connectivity index (χ4n) is 1.52. The SMILES string of the molecule is N#Cc1ccccc1Oc1ccc(I)cc1C(=O)O. The molecule has 5 heteroatoms. The minimum absolute atomic E-state index is 0.0691. The van der Waals surface area contributed by atoms with E-state index < -0.39 is 5.97 Å². The van der Waals surface area contributed by atoms with Gasteiger partial charge in [-0.1, -0.05) is 12.1 Å². The Balaban J connectivity index is 2.44. The van der Waals surface area contributed by atoms with Crippen molar-refractivity contribution >= 4 is 28.6 Å². The predicted octanol–water partition coefficient (Wildman–Crippen LogP) is 3.65. The number of aromatic carboxylic acids is 1. The minimum atomic E-state index is -1.07. The molecule has 0 aromatic heterocycles. The standard InChI is InChI=1S/C14H8INO3/c15-10-5-6-13(11(7-10)14(17)18)19-12-4-2-1-3-9(12)8-16/h1-7H,(H,17,18). The van der Waals surface area contributed by atoms with Gasteiger partial charge in [-0.2, -0.15) is 5.26 Å². The number of carboxylic acid groups (broad SMARTS) is 1. The molecule has 0 radical (unpaired) electrons. The maximum Gasteiger partial charge on any atom is 0.339 e. The molecule has 0 spiro atoms. The van der Waals surface area contributed by atoms with Gasteiger partial charge in [-0.25, -0.2) is 4.79 Å². The van der Waals surface area contributed by atoms with E-state index in [9.17, 15) is 4.79 Å². The summed E-state index contributed by atoms with van der Waals surface area (Å²) in [5.74, 6) is -0.507. The lowest BCUT2D eigenvalue weighted by molar-refractivity contribution is 0.0694. The van der Waals surface area contributed by atoms with Crippen LogP contribution in [0.3, 0.4) is 0 Å². The van der Waals surface area contributed by atoms with Crippen molar-refractivity contribution in [3.8, 4) is 17.6 Å². The third-order valence-electron chi connectivity index (χ3n) is 2.40. The van der Waals surface area contributed by atoms with Crippen LogP contribution in [0.2, 0.25) is 0 Å². The van der Waals surface area contributed by atoms with Crippen molar-refractivity contribution in [1.82, 2.24) is 0 Å². The first-order valence-electron chi connectivity index (χ1n) is 5.31. The molecule has 4 nitrogen and oxygen atoms in total. The molecule has 2 aromatic rings. The summed E-state index contributed by atoms with van der Waals surface area (Å²) in [6.45, 7) is 0. The Morgan fingerprint density at radius 3 is 2.63 bits per heavy atom. The maximum absolute atomic E-state index is 11.2. The van der Waals surface area contributed by atoms with Crippen LogP contribution in [0.4, 0.5) is 0 Å². The third-order valence-corrected chi connectivity index (χ3v) is 3.07. The van der Waals surface area contributed by atoms with Gasteiger partial charge in [0.25, 0.3) is 0 Å². The summed E-state index contributed by atoms with van der Waals surface area (Å²) >= 11 is 2.03. The number of carbonyl (C=O) groups is 1. The number of ether oxygens (including phenoxy) is 1. The highest BCUT2D eigenvalue weighted by atomic mass is 127. The highest BCUT2D eigenvalue weighted by Crippen LogP contribution is 2.29. The second-order valence-corrected chi connectivity index (χ2v) is 4.90. The van der Waals surface area contributed by atoms with Gasteiger partial charge in [0.15, 0.2) is 0 Å². The number of hydrogen-bond acceptors (Lipinski definition) is 3. The number of hydrogen-bond donors (Lipinski definition) is 1. The number of nitriles is 1. The monoisotopic (exact) mass is 365 g/mol. The largest absolute Gasteiger partial charge is 0.478 e. The van der Waals surface area contributed by atoms with Gasteiger partial charge in [-0.05, 0) is 52.9 Å². The first kappa shape index (κ1) is 13.4. The molecule has 0 saturated carbocycles. The first-order valence-corrected chi connectivity index (χ1v) is 6.39. The zero-order valence-corrected chi connectivity index (χ0v) is 11.8. The quantitative estimate of drug-likeness (QED) is 0.843. The van der Waals surface area contributed by atoms with E-state index >= 15 is 0 Å². The predicted molar refractivity (Wildman–Crippen MR) is 77.3 cm³/mol. The molecule has 0 saturated heterocycles. The van der Waals surface area contributed by atoms with E-state index in [1.807, 2.05) is 28.7 Å². The van der Waals surface area contributed by atoms with Crippen LogP contribution in [0.15, 0.2) is 42.5 Å². The van der Waals surface area contributed by atoms with Crippen molar-refractivity contribution in [3.63, 3.8) is 0 Å². The molecule has 2 rings (SSSR count). The molecule has 0 unspecified atom stereocenters. The van der Waals surface area contributed by atoms with Gasteiger partial charge in [0, 0.05) is 3.57 Å². The summed E-state index contributed by atoms with van der Waals surface area (Å²) in [6.07, 6.45) is 0. The zero-order valence-electron chi connectivity index (χ0n) is 9.63. The molecule has 94 valence electrons. The first-order chi connectivity index (χ1) is 9.11. The second kappa shape index (κ2) is 5.71. The zero-order chi connectivity index (χ0) is 13.8. The topological polar surface area (TPSA) is 70.3 Å². The summed E-state index contributed by atoms with van der Waals surface area (Å²) in [7, 11) is 0.